The second kappa shape index (κ2) is 5.93. The van der Waals surface area contributed by atoms with E-state index in [1.165, 1.54) is 0 Å². The fourth-order valence-electron chi connectivity index (χ4n) is 1.24. The molecule has 4 nitrogen and oxygen atoms in total. The van der Waals surface area contributed by atoms with Gasteiger partial charge in [0.25, 0.3) is 0 Å². The largest absolute Gasteiger partial charge is 0.456 e. The fourth-order valence-corrected chi connectivity index (χ4v) is 1.69. The van der Waals surface area contributed by atoms with Gasteiger partial charge < -0.3 is 4.74 Å². The van der Waals surface area contributed by atoms with E-state index >= 15 is 0 Å². The number of ether oxygens (including phenoxy) is 1. The van der Waals surface area contributed by atoms with Crippen molar-refractivity contribution in [3.8, 4) is 0 Å². The van der Waals surface area contributed by atoms with Crippen molar-refractivity contribution in [2.75, 3.05) is 0 Å². The minimum Gasteiger partial charge on any atom is -0.456 e. The molecule has 0 unspecified atom stereocenters. The standard InChI is InChI=1S/C12H8BrClN2O2/c13-10-3-1-2-9(16-10)12(17)18-7-8-4-5-11(14)15-6-8/h1-6H,7H2. The Morgan fingerprint density at radius 1 is 1.33 bits per heavy atom. The maximum Gasteiger partial charge on any atom is 0.357 e. The Hall–Kier alpha value is -1.46. The molecule has 0 radical (unpaired) electrons. The lowest BCUT2D eigenvalue weighted by molar-refractivity contribution is 0.0465. The van der Waals surface area contributed by atoms with Gasteiger partial charge in [0.05, 0.1) is 0 Å². The molecule has 0 aliphatic carbocycles. The van der Waals surface area contributed by atoms with E-state index in [4.69, 9.17) is 16.3 Å². The Morgan fingerprint density at radius 2 is 2.17 bits per heavy atom. The zero-order chi connectivity index (χ0) is 13.0. The summed E-state index contributed by atoms with van der Waals surface area (Å²) in [6.07, 6.45) is 1.56. The SMILES string of the molecule is O=C(OCc1ccc(Cl)nc1)c1cccc(Br)n1. The third-order valence-electron chi connectivity index (χ3n) is 2.08. The normalized spacial score (nSPS) is 10.1. The van der Waals surface area contributed by atoms with E-state index in [1.54, 1.807) is 36.5 Å². The number of aromatic nitrogens is 2. The Bertz CT molecular complexity index is 560. The third kappa shape index (κ3) is 3.51. The Balaban J connectivity index is 1.98. The number of hydrogen-bond acceptors (Lipinski definition) is 4. The number of nitrogens with zero attached hydrogens (tertiary/aromatic N) is 2. The number of pyridine rings is 2. The molecule has 0 atom stereocenters. The number of hydrogen-bond donors (Lipinski definition) is 0. The summed E-state index contributed by atoms with van der Waals surface area (Å²) in [4.78, 5) is 19.6. The second-order valence-electron chi connectivity index (χ2n) is 3.41. The topological polar surface area (TPSA) is 52.1 Å². The van der Waals surface area contributed by atoms with E-state index in [1.807, 2.05) is 0 Å². The number of carbonyl (C=O) groups is 1. The van der Waals surface area contributed by atoms with Gasteiger partial charge in [-0.1, -0.05) is 23.7 Å². The van der Waals surface area contributed by atoms with Crippen LogP contribution >= 0.6 is 27.5 Å². The molecule has 0 N–H and O–H groups in total. The average molecular weight is 328 g/mol. The van der Waals surface area contributed by atoms with Crippen LogP contribution in [-0.2, 0) is 11.3 Å². The van der Waals surface area contributed by atoms with Crippen LogP contribution in [0.25, 0.3) is 0 Å². The molecule has 0 aliphatic heterocycles. The molecule has 92 valence electrons. The molecule has 0 bridgehead atoms. The van der Waals surface area contributed by atoms with Crippen LogP contribution in [0.15, 0.2) is 41.1 Å². The van der Waals surface area contributed by atoms with Crippen molar-refractivity contribution in [2.24, 2.45) is 0 Å². The summed E-state index contributed by atoms with van der Waals surface area (Å²) in [6, 6.07) is 8.43. The first-order chi connectivity index (χ1) is 8.65. The summed E-state index contributed by atoms with van der Waals surface area (Å²) < 4.78 is 5.69. The second-order valence-corrected chi connectivity index (χ2v) is 4.61. The summed E-state index contributed by atoms with van der Waals surface area (Å²) in [6.45, 7) is 0.136. The van der Waals surface area contributed by atoms with Crippen molar-refractivity contribution in [1.29, 1.82) is 0 Å². The number of esters is 1. The van der Waals surface area contributed by atoms with Gasteiger partial charge in [-0.05, 0) is 34.1 Å². The van der Waals surface area contributed by atoms with Gasteiger partial charge in [-0.3, -0.25) is 0 Å². The zero-order valence-corrected chi connectivity index (χ0v) is 11.5. The van der Waals surface area contributed by atoms with Gasteiger partial charge in [-0.25, -0.2) is 14.8 Å². The zero-order valence-electron chi connectivity index (χ0n) is 9.14. The molecule has 18 heavy (non-hydrogen) atoms. The average Bonchev–Trinajstić information content (AvgIpc) is 2.38. The summed E-state index contributed by atoms with van der Waals surface area (Å²) in [5.74, 6) is -0.480. The molecule has 2 aromatic heterocycles. The van der Waals surface area contributed by atoms with E-state index in [-0.39, 0.29) is 12.3 Å². The van der Waals surface area contributed by atoms with Crippen LogP contribution in [0.5, 0.6) is 0 Å². The van der Waals surface area contributed by atoms with Crippen LogP contribution in [0.1, 0.15) is 16.1 Å². The van der Waals surface area contributed by atoms with Gasteiger partial charge in [0.1, 0.15) is 22.1 Å². The van der Waals surface area contributed by atoms with Crippen molar-refractivity contribution in [3.63, 3.8) is 0 Å². The van der Waals surface area contributed by atoms with E-state index in [0.717, 1.165) is 5.56 Å². The van der Waals surface area contributed by atoms with Crippen molar-refractivity contribution in [3.05, 3.63) is 57.5 Å². The predicted octanol–water partition coefficient (Wildman–Crippen LogP) is 3.25. The van der Waals surface area contributed by atoms with Gasteiger partial charge in [0, 0.05) is 11.8 Å². The molecule has 0 amide bonds. The molecule has 0 aliphatic rings. The monoisotopic (exact) mass is 326 g/mol. The lowest BCUT2D eigenvalue weighted by Gasteiger charge is -2.04. The molecule has 2 aromatic rings. The first-order valence-electron chi connectivity index (χ1n) is 5.05. The summed E-state index contributed by atoms with van der Waals surface area (Å²) in [7, 11) is 0. The lowest BCUT2D eigenvalue weighted by atomic mass is 10.3. The Morgan fingerprint density at radius 3 is 2.83 bits per heavy atom. The summed E-state index contributed by atoms with van der Waals surface area (Å²) in [5.41, 5.74) is 1.02. The highest BCUT2D eigenvalue weighted by Crippen LogP contribution is 2.10. The van der Waals surface area contributed by atoms with Gasteiger partial charge in [0.15, 0.2) is 0 Å². The third-order valence-corrected chi connectivity index (χ3v) is 2.75. The van der Waals surface area contributed by atoms with E-state index in [9.17, 15) is 4.79 Å². The highest BCUT2D eigenvalue weighted by Gasteiger charge is 2.09. The predicted molar refractivity (Wildman–Crippen MR) is 70.3 cm³/mol. The van der Waals surface area contributed by atoms with E-state index in [0.29, 0.717) is 9.76 Å². The van der Waals surface area contributed by atoms with Gasteiger partial charge in [0.2, 0.25) is 0 Å². The lowest BCUT2D eigenvalue weighted by Crippen LogP contribution is -2.07. The molecule has 2 rings (SSSR count). The molecular formula is C12H8BrClN2O2. The molecule has 0 spiro atoms. The van der Waals surface area contributed by atoms with Crippen molar-refractivity contribution >= 4 is 33.5 Å². The van der Waals surface area contributed by atoms with Crippen molar-refractivity contribution in [2.45, 2.75) is 6.61 Å². The van der Waals surface area contributed by atoms with Gasteiger partial charge in [-0.15, -0.1) is 0 Å². The van der Waals surface area contributed by atoms with E-state index < -0.39 is 5.97 Å². The minimum absolute atomic E-state index is 0.136. The molecule has 2 heterocycles. The molecule has 0 aromatic carbocycles. The molecule has 6 heteroatoms. The smallest absolute Gasteiger partial charge is 0.357 e. The minimum atomic E-state index is -0.480. The van der Waals surface area contributed by atoms with Crippen molar-refractivity contribution in [1.82, 2.24) is 9.97 Å². The number of rotatable bonds is 3. The van der Waals surface area contributed by atoms with Gasteiger partial charge in [-0.2, -0.15) is 0 Å². The highest BCUT2D eigenvalue weighted by molar-refractivity contribution is 9.10. The van der Waals surface area contributed by atoms with Crippen LogP contribution < -0.4 is 0 Å². The van der Waals surface area contributed by atoms with E-state index in [2.05, 4.69) is 25.9 Å². The van der Waals surface area contributed by atoms with Crippen molar-refractivity contribution < 1.29 is 9.53 Å². The van der Waals surface area contributed by atoms with Crippen LogP contribution in [0.3, 0.4) is 0 Å². The quantitative estimate of drug-likeness (QED) is 0.641. The maximum atomic E-state index is 11.7. The Labute approximate surface area is 117 Å². The fraction of sp³-hybridized carbons (Fsp3) is 0.0833. The molecular weight excluding hydrogens is 320 g/mol. The maximum absolute atomic E-state index is 11.7. The van der Waals surface area contributed by atoms with Crippen LogP contribution in [-0.4, -0.2) is 15.9 Å². The summed E-state index contributed by atoms with van der Waals surface area (Å²) >= 11 is 8.84. The molecule has 0 fully saturated rings. The summed E-state index contributed by atoms with van der Waals surface area (Å²) in [5, 5.41) is 0.402. The first kappa shape index (κ1) is 13.0. The first-order valence-corrected chi connectivity index (χ1v) is 6.22. The van der Waals surface area contributed by atoms with Crippen LogP contribution in [0, 0.1) is 0 Å². The number of halogens is 2. The number of carbonyl (C=O) groups excluding carboxylic acids is 1. The molecule has 0 saturated heterocycles. The Kier molecular flexibility index (Phi) is 4.28. The molecule has 0 saturated carbocycles. The van der Waals surface area contributed by atoms with Crippen LogP contribution in [0.2, 0.25) is 5.15 Å². The van der Waals surface area contributed by atoms with Crippen LogP contribution in [0.4, 0.5) is 0 Å². The highest BCUT2D eigenvalue weighted by atomic mass is 79.9. The van der Waals surface area contributed by atoms with Gasteiger partial charge >= 0.3 is 5.97 Å².